The van der Waals surface area contributed by atoms with Crippen LogP contribution in [0.2, 0.25) is 0 Å². The lowest BCUT2D eigenvalue weighted by atomic mass is 9.88. The lowest BCUT2D eigenvalue weighted by Gasteiger charge is -2.45. The van der Waals surface area contributed by atoms with E-state index in [1.807, 2.05) is 0 Å². The average Bonchev–Trinajstić information content (AvgIpc) is 2.53. The molecule has 0 aromatic heterocycles. The summed E-state index contributed by atoms with van der Waals surface area (Å²) < 4.78 is 9.81. The predicted molar refractivity (Wildman–Crippen MR) is 75.7 cm³/mol. The largest absolute Gasteiger partial charge is 0.477 e. The summed E-state index contributed by atoms with van der Waals surface area (Å²) in [6.07, 6.45) is -7.79. The van der Waals surface area contributed by atoms with E-state index in [1.165, 1.54) is 0 Å². The highest BCUT2D eigenvalue weighted by Gasteiger charge is 2.55. The molecular formula is C13H21NO11. The van der Waals surface area contributed by atoms with Crippen LogP contribution in [0.3, 0.4) is 0 Å². The number of carbonyl (C=O) groups excluding carboxylic acids is 2. The highest BCUT2D eigenvalue weighted by Crippen LogP contribution is 2.31. The third-order valence-corrected chi connectivity index (χ3v) is 3.58. The van der Waals surface area contributed by atoms with Crippen molar-refractivity contribution < 1.29 is 54.5 Å². The fourth-order valence-corrected chi connectivity index (χ4v) is 2.46. The Balaban J connectivity index is 3.26. The van der Waals surface area contributed by atoms with Crippen LogP contribution in [-0.4, -0.2) is 97.9 Å². The molecule has 7 N–H and O–H groups in total. The number of rotatable bonds is 7. The molecule has 0 unspecified atom stereocenters. The summed E-state index contributed by atoms with van der Waals surface area (Å²) in [7, 11) is 0. The number of carbonyl (C=O) groups is 3. The standard InChI is InChI=1S/C13H21NO11/c1-5(17)24-10(7(19)3-15)11-9(14-8(20)4-16)6(18)2-13(23,25-11)12(21)22/h6-7,9-11,15-16,18-19,23H,2-4H2,1H3,(H,14,20)(H,21,22)/t6-,7+,9+,10+,11+,13-/m0/s1. The lowest BCUT2D eigenvalue weighted by Crippen LogP contribution is -2.68. The van der Waals surface area contributed by atoms with E-state index in [2.05, 4.69) is 5.32 Å². The van der Waals surface area contributed by atoms with Crippen molar-refractivity contribution in [1.29, 1.82) is 0 Å². The molecule has 1 rings (SSSR count). The summed E-state index contributed by atoms with van der Waals surface area (Å²) in [6.45, 7) is -0.943. The Morgan fingerprint density at radius 3 is 2.40 bits per heavy atom. The molecular weight excluding hydrogens is 346 g/mol. The lowest BCUT2D eigenvalue weighted by molar-refractivity contribution is -0.296. The molecule has 1 aliphatic rings. The van der Waals surface area contributed by atoms with Gasteiger partial charge in [-0.15, -0.1) is 0 Å². The Kier molecular flexibility index (Phi) is 7.22. The topological polar surface area (TPSA) is 203 Å². The molecule has 0 spiro atoms. The van der Waals surface area contributed by atoms with Crippen molar-refractivity contribution in [3.63, 3.8) is 0 Å². The van der Waals surface area contributed by atoms with Crippen LogP contribution in [0.25, 0.3) is 0 Å². The number of aliphatic hydroxyl groups excluding tert-OH is 4. The molecule has 0 aliphatic carbocycles. The predicted octanol–water partition coefficient (Wildman–Crippen LogP) is -4.33. The van der Waals surface area contributed by atoms with Gasteiger partial charge in [-0.25, -0.2) is 4.79 Å². The number of carboxylic acids is 1. The van der Waals surface area contributed by atoms with E-state index in [1.54, 1.807) is 0 Å². The second-order valence-electron chi connectivity index (χ2n) is 5.52. The van der Waals surface area contributed by atoms with Crippen molar-refractivity contribution in [2.45, 2.75) is 49.6 Å². The molecule has 1 saturated heterocycles. The van der Waals surface area contributed by atoms with Gasteiger partial charge in [0.25, 0.3) is 5.79 Å². The number of hydrogen-bond acceptors (Lipinski definition) is 10. The van der Waals surface area contributed by atoms with Crippen LogP contribution >= 0.6 is 0 Å². The van der Waals surface area contributed by atoms with Gasteiger partial charge >= 0.3 is 11.9 Å². The number of esters is 1. The van der Waals surface area contributed by atoms with E-state index in [0.717, 1.165) is 6.92 Å². The minimum absolute atomic E-state index is 0.850. The van der Waals surface area contributed by atoms with Gasteiger partial charge in [-0.2, -0.15) is 0 Å². The van der Waals surface area contributed by atoms with Gasteiger partial charge in [0.2, 0.25) is 5.91 Å². The highest BCUT2D eigenvalue weighted by atomic mass is 16.7. The first kappa shape index (κ1) is 21.2. The highest BCUT2D eigenvalue weighted by molar-refractivity contribution is 5.78. The third-order valence-electron chi connectivity index (χ3n) is 3.58. The van der Waals surface area contributed by atoms with E-state index in [-0.39, 0.29) is 0 Å². The van der Waals surface area contributed by atoms with Gasteiger partial charge in [0.1, 0.15) is 18.8 Å². The fourth-order valence-electron chi connectivity index (χ4n) is 2.46. The van der Waals surface area contributed by atoms with Gasteiger partial charge in [0.05, 0.1) is 18.8 Å². The van der Waals surface area contributed by atoms with Crippen molar-refractivity contribution in [3.8, 4) is 0 Å². The van der Waals surface area contributed by atoms with Gasteiger partial charge in [-0.1, -0.05) is 0 Å². The Bertz CT molecular complexity index is 512. The second kappa shape index (κ2) is 8.51. The summed E-state index contributed by atoms with van der Waals surface area (Å²) >= 11 is 0. The molecule has 144 valence electrons. The quantitative estimate of drug-likeness (QED) is 0.214. The zero-order valence-electron chi connectivity index (χ0n) is 13.2. The molecule has 12 nitrogen and oxygen atoms in total. The molecule has 1 aliphatic heterocycles. The van der Waals surface area contributed by atoms with Crippen molar-refractivity contribution in [2.75, 3.05) is 13.2 Å². The van der Waals surface area contributed by atoms with Crippen LogP contribution in [0, 0.1) is 0 Å². The maximum Gasteiger partial charge on any atom is 0.364 e. The molecule has 0 bridgehead atoms. The molecule has 0 aromatic rings. The van der Waals surface area contributed by atoms with Gasteiger partial charge in [-0.05, 0) is 0 Å². The van der Waals surface area contributed by atoms with Crippen molar-refractivity contribution in [1.82, 2.24) is 5.32 Å². The normalized spacial score (nSPS) is 31.7. The minimum atomic E-state index is -2.89. The van der Waals surface area contributed by atoms with Crippen LogP contribution in [-0.2, 0) is 23.9 Å². The maximum absolute atomic E-state index is 11.4. The van der Waals surface area contributed by atoms with E-state index in [0.29, 0.717) is 0 Å². The second-order valence-corrected chi connectivity index (χ2v) is 5.52. The van der Waals surface area contributed by atoms with Gasteiger partial charge < -0.3 is 45.4 Å². The monoisotopic (exact) mass is 367 g/mol. The van der Waals surface area contributed by atoms with E-state index in [4.69, 9.17) is 24.8 Å². The summed E-state index contributed by atoms with van der Waals surface area (Å²) in [5.74, 6) is -6.66. The summed E-state index contributed by atoms with van der Waals surface area (Å²) in [6, 6.07) is -1.45. The zero-order chi connectivity index (χ0) is 19.4. The molecule has 12 heteroatoms. The molecule has 0 radical (unpaired) electrons. The molecule has 25 heavy (non-hydrogen) atoms. The zero-order valence-corrected chi connectivity index (χ0v) is 13.2. The number of ether oxygens (including phenoxy) is 2. The summed E-state index contributed by atoms with van der Waals surface area (Å²) in [5.41, 5.74) is 0. The number of nitrogens with one attached hydrogen (secondary N) is 1. The number of carboxylic acid groups (broad SMARTS) is 1. The van der Waals surface area contributed by atoms with Gasteiger partial charge in [0, 0.05) is 13.3 Å². The Morgan fingerprint density at radius 2 is 1.96 bits per heavy atom. The van der Waals surface area contributed by atoms with Crippen molar-refractivity contribution in [2.24, 2.45) is 0 Å². The van der Waals surface area contributed by atoms with E-state index < -0.39 is 73.7 Å². The smallest absolute Gasteiger partial charge is 0.364 e. The van der Waals surface area contributed by atoms with Crippen LogP contribution < -0.4 is 5.32 Å². The maximum atomic E-state index is 11.4. The molecule has 6 atom stereocenters. The third kappa shape index (κ3) is 5.07. The minimum Gasteiger partial charge on any atom is -0.477 e. The molecule has 1 heterocycles. The Hall–Kier alpha value is -1.83. The average molecular weight is 367 g/mol. The molecule has 1 fully saturated rings. The first-order valence-corrected chi connectivity index (χ1v) is 7.23. The van der Waals surface area contributed by atoms with Gasteiger partial charge in [-0.3, -0.25) is 9.59 Å². The summed E-state index contributed by atoms with van der Waals surface area (Å²) in [5, 5.41) is 59.1. The van der Waals surface area contributed by atoms with Crippen LogP contribution in [0.15, 0.2) is 0 Å². The number of aliphatic hydroxyl groups is 5. The molecule has 0 saturated carbocycles. The van der Waals surface area contributed by atoms with E-state index in [9.17, 15) is 29.7 Å². The number of aliphatic carboxylic acids is 1. The number of amides is 1. The molecule has 0 aromatic carbocycles. The summed E-state index contributed by atoms with van der Waals surface area (Å²) in [4.78, 5) is 33.9. The Morgan fingerprint density at radius 1 is 1.36 bits per heavy atom. The van der Waals surface area contributed by atoms with Crippen LogP contribution in [0.1, 0.15) is 13.3 Å². The SMILES string of the molecule is CC(=O)O[C@@H]([C@@H]1O[C@](O)(C(=O)O)C[C@H](O)[C@H]1NC(=O)CO)[C@H](O)CO. The number of hydrogen-bond donors (Lipinski definition) is 7. The van der Waals surface area contributed by atoms with Crippen LogP contribution in [0.4, 0.5) is 0 Å². The van der Waals surface area contributed by atoms with Gasteiger partial charge in [0.15, 0.2) is 6.10 Å². The van der Waals surface area contributed by atoms with Crippen molar-refractivity contribution >= 4 is 17.8 Å². The van der Waals surface area contributed by atoms with Crippen molar-refractivity contribution in [3.05, 3.63) is 0 Å². The first-order valence-electron chi connectivity index (χ1n) is 7.23. The van der Waals surface area contributed by atoms with Crippen LogP contribution in [0.5, 0.6) is 0 Å². The van der Waals surface area contributed by atoms with E-state index >= 15 is 0 Å². The molecule has 1 amide bonds. The fraction of sp³-hybridized carbons (Fsp3) is 0.769. The Labute approximate surface area is 141 Å². The first-order chi connectivity index (χ1) is 11.6.